The lowest BCUT2D eigenvalue weighted by Crippen LogP contribution is -3.00. The van der Waals surface area contributed by atoms with E-state index in [2.05, 4.69) is 27.7 Å². The fourth-order valence-corrected chi connectivity index (χ4v) is 11.7. The van der Waals surface area contributed by atoms with Gasteiger partial charge in [0.1, 0.15) is 0 Å². The molecule has 2 aliphatic heterocycles. The summed E-state index contributed by atoms with van der Waals surface area (Å²) in [7, 11) is 0. The summed E-state index contributed by atoms with van der Waals surface area (Å²) in [4.78, 5) is 0. The molecule has 0 amide bonds. The molecule has 0 spiro atoms. The second kappa shape index (κ2) is 18.1. The monoisotopic (exact) mass is 810 g/mol. The standard InChI is InChI=1S/2C19H36N.2HI/c2*1-16-8-6-10-18(14-16)20(12-4-3-5-13-20)19-11-7-9-17(2)15-19;;/h2*16-19H,3-15H2,1-2H3;2*1H/q2*+1;;/p-2. The summed E-state index contributed by atoms with van der Waals surface area (Å²) in [6, 6.07) is 4.09. The number of rotatable bonds is 4. The first kappa shape index (κ1) is 37.8. The third-order valence-electron chi connectivity index (χ3n) is 13.8. The van der Waals surface area contributed by atoms with E-state index in [1.807, 2.05) is 0 Å². The van der Waals surface area contributed by atoms with Gasteiger partial charge in [-0.3, -0.25) is 0 Å². The molecule has 4 saturated carbocycles. The van der Waals surface area contributed by atoms with E-state index in [1.165, 1.54) is 167 Å². The smallest absolute Gasteiger partial charge is 0.0894 e. The highest BCUT2D eigenvalue weighted by molar-refractivity contribution is 4.81. The minimum absolute atomic E-state index is 0. The van der Waals surface area contributed by atoms with E-state index in [1.54, 1.807) is 8.97 Å². The van der Waals surface area contributed by atoms with Gasteiger partial charge in [-0.1, -0.05) is 53.4 Å². The van der Waals surface area contributed by atoms with Crippen molar-refractivity contribution in [3.63, 3.8) is 0 Å². The summed E-state index contributed by atoms with van der Waals surface area (Å²) in [5.41, 5.74) is 0. The second-order valence-electron chi connectivity index (χ2n) is 16.9. The van der Waals surface area contributed by atoms with E-state index in [9.17, 15) is 0 Å². The first-order chi connectivity index (χ1) is 19.4. The van der Waals surface area contributed by atoms with E-state index in [-0.39, 0.29) is 48.0 Å². The van der Waals surface area contributed by atoms with Gasteiger partial charge in [0, 0.05) is 25.7 Å². The topological polar surface area (TPSA) is 0 Å². The molecule has 0 aromatic heterocycles. The molecule has 6 aliphatic rings. The molecule has 0 radical (unpaired) electrons. The molecular formula is C38H72I2N2. The van der Waals surface area contributed by atoms with Gasteiger partial charge in [0.25, 0.3) is 0 Å². The van der Waals surface area contributed by atoms with Crippen molar-refractivity contribution in [3.8, 4) is 0 Å². The summed E-state index contributed by atoms with van der Waals surface area (Å²) in [6.45, 7) is 16.1. The molecule has 4 heteroatoms. The molecule has 42 heavy (non-hydrogen) atoms. The van der Waals surface area contributed by atoms with E-state index < -0.39 is 0 Å². The SMILES string of the molecule is CC1CCCC([N+]2(C3CCCC(C)C3)CCCCC2)C1.CC1CCCC([N+]2(C3CCCC(C)C3)CCCCC2)C1.[I-].[I-]. The van der Waals surface area contributed by atoms with Crippen LogP contribution in [0.25, 0.3) is 0 Å². The second-order valence-corrected chi connectivity index (χ2v) is 16.9. The van der Waals surface area contributed by atoms with Crippen molar-refractivity contribution in [1.82, 2.24) is 0 Å². The Labute approximate surface area is 297 Å². The summed E-state index contributed by atoms with van der Waals surface area (Å²) >= 11 is 0. The zero-order chi connectivity index (χ0) is 28.0. The van der Waals surface area contributed by atoms with Crippen molar-refractivity contribution in [2.45, 2.75) is 193 Å². The van der Waals surface area contributed by atoms with Gasteiger partial charge in [-0.25, -0.2) is 0 Å². The first-order valence-electron chi connectivity index (χ1n) is 19.1. The number of nitrogens with zero attached hydrogens (tertiary/aromatic N) is 2. The maximum atomic E-state index is 2.51. The van der Waals surface area contributed by atoms with Gasteiger partial charge in [-0.05, 0) is 114 Å². The number of likely N-dealkylation sites (tertiary alicyclic amines) is 2. The zero-order valence-corrected chi connectivity index (χ0v) is 33.0. The minimum Gasteiger partial charge on any atom is -1.00 e. The van der Waals surface area contributed by atoms with Crippen LogP contribution in [-0.2, 0) is 0 Å². The molecule has 8 atom stereocenters. The van der Waals surface area contributed by atoms with Crippen molar-refractivity contribution in [1.29, 1.82) is 0 Å². The lowest BCUT2D eigenvalue weighted by molar-refractivity contribution is -0.980. The Kier molecular flexibility index (Phi) is 16.3. The Hall–Kier alpha value is 1.38. The van der Waals surface area contributed by atoms with Crippen molar-refractivity contribution < 1.29 is 56.9 Å². The zero-order valence-electron chi connectivity index (χ0n) is 28.7. The lowest BCUT2D eigenvalue weighted by atomic mass is 9.78. The van der Waals surface area contributed by atoms with Gasteiger partial charge >= 0.3 is 0 Å². The van der Waals surface area contributed by atoms with Crippen LogP contribution in [0.15, 0.2) is 0 Å². The number of halogens is 2. The normalized spacial score (nSPS) is 40.3. The van der Waals surface area contributed by atoms with Crippen LogP contribution in [0.5, 0.6) is 0 Å². The predicted octanol–water partition coefficient (Wildman–Crippen LogP) is 4.30. The van der Waals surface area contributed by atoms with Crippen LogP contribution >= 0.6 is 0 Å². The molecular weight excluding hydrogens is 738 g/mol. The number of piperidine rings is 2. The molecule has 6 fully saturated rings. The fraction of sp³-hybridized carbons (Fsp3) is 1.00. The molecule has 248 valence electrons. The third kappa shape index (κ3) is 9.26. The summed E-state index contributed by atoms with van der Waals surface area (Å²) in [6.07, 6.45) is 33.3. The summed E-state index contributed by atoms with van der Waals surface area (Å²) < 4.78 is 3.13. The third-order valence-corrected chi connectivity index (χ3v) is 13.8. The molecule has 2 saturated heterocycles. The molecule has 0 N–H and O–H groups in total. The molecule has 0 aromatic rings. The minimum atomic E-state index is 0. The van der Waals surface area contributed by atoms with Gasteiger partial charge < -0.3 is 56.9 Å². The molecule has 0 aromatic carbocycles. The van der Waals surface area contributed by atoms with Crippen molar-refractivity contribution >= 4 is 0 Å². The van der Waals surface area contributed by atoms with E-state index in [4.69, 9.17) is 0 Å². The Morgan fingerprint density at radius 1 is 0.310 bits per heavy atom. The van der Waals surface area contributed by atoms with E-state index in [0.717, 1.165) is 47.8 Å². The highest BCUT2D eigenvalue weighted by atomic mass is 127. The van der Waals surface area contributed by atoms with Crippen LogP contribution in [0.4, 0.5) is 0 Å². The van der Waals surface area contributed by atoms with Crippen LogP contribution in [0.3, 0.4) is 0 Å². The molecule has 2 heterocycles. The van der Waals surface area contributed by atoms with Gasteiger partial charge in [0.2, 0.25) is 0 Å². The van der Waals surface area contributed by atoms with Gasteiger partial charge in [0.15, 0.2) is 0 Å². The maximum Gasteiger partial charge on any atom is 0.0894 e. The van der Waals surface area contributed by atoms with Crippen molar-refractivity contribution in [3.05, 3.63) is 0 Å². The Morgan fingerprint density at radius 2 is 0.548 bits per heavy atom. The number of hydrogen-bond acceptors (Lipinski definition) is 0. The number of quaternary nitrogens is 2. The van der Waals surface area contributed by atoms with Crippen LogP contribution < -0.4 is 48.0 Å². The first-order valence-corrected chi connectivity index (χ1v) is 19.1. The van der Waals surface area contributed by atoms with Gasteiger partial charge in [0.05, 0.1) is 50.3 Å². The Morgan fingerprint density at radius 3 is 0.762 bits per heavy atom. The summed E-state index contributed by atoms with van der Waals surface area (Å²) in [5.74, 6) is 3.97. The lowest BCUT2D eigenvalue weighted by Gasteiger charge is -2.55. The highest BCUT2D eigenvalue weighted by Crippen LogP contribution is 2.43. The molecule has 8 unspecified atom stereocenters. The highest BCUT2D eigenvalue weighted by Gasteiger charge is 2.48. The van der Waals surface area contributed by atoms with Crippen LogP contribution in [0.1, 0.15) is 169 Å². The van der Waals surface area contributed by atoms with Crippen LogP contribution in [0, 0.1) is 23.7 Å². The van der Waals surface area contributed by atoms with Gasteiger partial charge in [-0.2, -0.15) is 0 Å². The Balaban J connectivity index is 0.000000220. The van der Waals surface area contributed by atoms with E-state index in [0.29, 0.717) is 0 Å². The van der Waals surface area contributed by atoms with Crippen LogP contribution in [0.2, 0.25) is 0 Å². The van der Waals surface area contributed by atoms with Crippen LogP contribution in [-0.4, -0.2) is 59.3 Å². The van der Waals surface area contributed by atoms with Gasteiger partial charge in [-0.15, -0.1) is 0 Å². The quantitative estimate of drug-likeness (QED) is 0.294. The largest absolute Gasteiger partial charge is 1.00 e. The molecule has 0 bridgehead atoms. The average Bonchev–Trinajstić information content (AvgIpc) is 2.98. The summed E-state index contributed by atoms with van der Waals surface area (Å²) in [5, 5.41) is 0. The fourth-order valence-electron chi connectivity index (χ4n) is 11.7. The average molecular weight is 811 g/mol. The van der Waals surface area contributed by atoms with E-state index >= 15 is 0 Å². The Bertz CT molecular complexity index is 635. The van der Waals surface area contributed by atoms with Crippen molar-refractivity contribution in [2.24, 2.45) is 23.7 Å². The number of hydrogen-bond donors (Lipinski definition) is 0. The maximum absolute atomic E-state index is 2.51. The molecule has 6 rings (SSSR count). The molecule has 2 nitrogen and oxygen atoms in total. The molecule has 4 aliphatic carbocycles. The van der Waals surface area contributed by atoms with Crippen molar-refractivity contribution in [2.75, 3.05) is 26.2 Å². The predicted molar refractivity (Wildman–Crippen MR) is 173 cm³/mol.